The first kappa shape index (κ1) is 10.9. The van der Waals surface area contributed by atoms with Crippen LogP contribution in [0.15, 0.2) is 0 Å². The van der Waals surface area contributed by atoms with Crippen LogP contribution in [0, 0.1) is 0 Å². The van der Waals surface area contributed by atoms with Crippen LogP contribution in [0.4, 0.5) is 0 Å². The Morgan fingerprint density at radius 3 is 2.77 bits per heavy atom. The molecule has 0 saturated carbocycles. The average molecular weight is 207 g/mol. The fourth-order valence-corrected chi connectivity index (χ4v) is 2.20. The van der Waals surface area contributed by atoms with Crippen molar-refractivity contribution in [1.82, 2.24) is 4.72 Å². The van der Waals surface area contributed by atoms with E-state index in [0.717, 1.165) is 6.42 Å². The largest absolute Gasteiger partial charge is 0.344 e. The lowest BCUT2D eigenvalue weighted by Crippen LogP contribution is -2.91. The number of hydrogen-bond acceptors (Lipinski definition) is 2. The molecule has 1 rings (SSSR count). The lowest BCUT2D eigenvalue weighted by molar-refractivity contribution is -0.697. The summed E-state index contributed by atoms with van der Waals surface area (Å²) in [6.07, 6.45) is 5.98. The third-order valence-electron chi connectivity index (χ3n) is 2.41. The van der Waals surface area contributed by atoms with E-state index in [-0.39, 0.29) is 0 Å². The van der Waals surface area contributed by atoms with E-state index in [2.05, 4.69) is 10.0 Å². The second kappa shape index (κ2) is 4.93. The number of hydrogen-bond donors (Lipinski definition) is 2. The van der Waals surface area contributed by atoms with Crippen molar-refractivity contribution in [3.05, 3.63) is 0 Å². The third-order valence-corrected chi connectivity index (χ3v) is 3.14. The molecule has 1 heterocycles. The summed E-state index contributed by atoms with van der Waals surface area (Å²) in [7, 11) is -2.99. The van der Waals surface area contributed by atoms with Gasteiger partial charge in [0.15, 0.2) is 0 Å². The van der Waals surface area contributed by atoms with Crippen molar-refractivity contribution in [2.45, 2.75) is 31.7 Å². The normalized spacial score (nSPS) is 24.5. The van der Waals surface area contributed by atoms with Gasteiger partial charge in [-0.25, -0.2) is 13.1 Å². The molecule has 1 atom stereocenters. The van der Waals surface area contributed by atoms with Gasteiger partial charge in [-0.1, -0.05) is 0 Å². The van der Waals surface area contributed by atoms with Crippen molar-refractivity contribution >= 4 is 10.0 Å². The van der Waals surface area contributed by atoms with E-state index in [0.29, 0.717) is 12.6 Å². The second-order valence-corrected chi connectivity index (χ2v) is 5.57. The summed E-state index contributed by atoms with van der Waals surface area (Å²) in [5, 5.41) is 2.33. The molecule has 3 N–H and O–H groups in total. The van der Waals surface area contributed by atoms with Gasteiger partial charge in [-0.05, 0) is 19.3 Å². The van der Waals surface area contributed by atoms with Crippen LogP contribution in [-0.4, -0.2) is 33.8 Å². The third kappa shape index (κ3) is 5.23. The molecule has 13 heavy (non-hydrogen) atoms. The topological polar surface area (TPSA) is 62.8 Å². The van der Waals surface area contributed by atoms with Gasteiger partial charge in [-0.15, -0.1) is 0 Å². The lowest BCUT2D eigenvalue weighted by Gasteiger charge is -2.19. The Balaban J connectivity index is 2.11. The Kier molecular flexibility index (Phi) is 4.15. The van der Waals surface area contributed by atoms with Crippen LogP contribution < -0.4 is 10.0 Å². The fourth-order valence-electron chi connectivity index (χ4n) is 1.71. The van der Waals surface area contributed by atoms with Gasteiger partial charge in [0.25, 0.3) is 0 Å². The summed E-state index contributed by atoms with van der Waals surface area (Å²) < 4.78 is 24.0. The number of piperidine rings is 1. The Morgan fingerprint density at radius 2 is 2.23 bits per heavy atom. The molecule has 1 aliphatic rings. The van der Waals surface area contributed by atoms with Gasteiger partial charge in [-0.3, -0.25) is 0 Å². The van der Waals surface area contributed by atoms with E-state index in [1.165, 1.54) is 32.1 Å². The van der Waals surface area contributed by atoms with Crippen molar-refractivity contribution in [2.75, 3.05) is 19.3 Å². The molecule has 1 aliphatic heterocycles. The second-order valence-electron chi connectivity index (χ2n) is 3.74. The standard InChI is InChI=1S/C8H18N2O2S/c1-13(11,12)10-7-5-8-4-2-3-6-9-8/h8-10H,2-7H2,1H3/p+1/t8-/m1/s1. The van der Waals surface area contributed by atoms with Crippen LogP contribution in [0.5, 0.6) is 0 Å². The van der Waals surface area contributed by atoms with Crippen molar-refractivity contribution < 1.29 is 13.7 Å². The predicted octanol–water partition coefficient (Wildman–Crippen LogP) is -0.958. The van der Waals surface area contributed by atoms with Crippen molar-refractivity contribution in [3.63, 3.8) is 0 Å². The molecule has 1 saturated heterocycles. The Bertz CT molecular complexity index is 233. The molecule has 0 amide bonds. The maximum atomic E-state index is 10.8. The zero-order chi connectivity index (χ0) is 9.73. The van der Waals surface area contributed by atoms with Crippen LogP contribution in [0.3, 0.4) is 0 Å². The molecule has 0 radical (unpaired) electrons. The number of quaternary nitrogens is 1. The molecule has 5 heteroatoms. The monoisotopic (exact) mass is 207 g/mol. The smallest absolute Gasteiger partial charge is 0.208 e. The zero-order valence-electron chi connectivity index (χ0n) is 8.12. The molecular weight excluding hydrogens is 188 g/mol. The molecule has 0 unspecified atom stereocenters. The number of nitrogens with one attached hydrogen (secondary N) is 1. The van der Waals surface area contributed by atoms with Gasteiger partial charge in [-0.2, -0.15) is 0 Å². The maximum absolute atomic E-state index is 10.8. The summed E-state index contributed by atoms with van der Waals surface area (Å²) in [6, 6.07) is 0.628. The molecule has 0 aromatic rings. The number of rotatable bonds is 4. The van der Waals surface area contributed by atoms with Gasteiger partial charge < -0.3 is 5.32 Å². The molecule has 0 spiro atoms. The molecule has 4 nitrogen and oxygen atoms in total. The van der Waals surface area contributed by atoms with Gasteiger partial charge in [0.2, 0.25) is 10.0 Å². The molecule has 0 aromatic carbocycles. The number of nitrogens with two attached hydrogens (primary N) is 1. The van der Waals surface area contributed by atoms with Gasteiger partial charge in [0.05, 0.1) is 18.8 Å². The quantitative estimate of drug-likeness (QED) is 0.624. The van der Waals surface area contributed by atoms with E-state index in [9.17, 15) is 8.42 Å². The van der Waals surface area contributed by atoms with E-state index >= 15 is 0 Å². The van der Waals surface area contributed by atoms with E-state index in [1.54, 1.807) is 0 Å². The van der Waals surface area contributed by atoms with E-state index in [1.807, 2.05) is 0 Å². The van der Waals surface area contributed by atoms with E-state index in [4.69, 9.17) is 0 Å². The van der Waals surface area contributed by atoms with Gasteiger partial charge in [0.1, 0.15) is 0 Å². The van der Waals surface area contributed by atoms with Gasteiger partial charge in [0, 0.05) is 13.0 Å². The first-order chi connectivity index (χ1) is 6.08. The maximum Gasteiger partial charge on any atom is 0.208 e. The van der Waals surface area contributed by atoms with E-state index < -0.39 is 10.0 Å². The minimum absolute atomic E-state index is 0.583. The molecule has 0 aliphatic carbocycles. The summed E-state index contributed by atoms with van der Waals surface area (Å²) in [6.45, 7) is 1.78. The molecule has 0 aromatic heterocycles. The highest BCUT2D eigenvalue weighted by Crippen LogP contribution is 2.03. The first-order valence-corrected chi connectivity index (χ1v) is 6.75. The average Bonchev–Trinajstić information content (AvgIpc) is 2.04. The first-order valence-electron chi connectivity index (χ1n) is 4.86. The summed E-state index contributed by atoms with van der Waals surface area (Å²) in [4.78, 5) is 0. The van der Waals surface area contributed by atoms with Crippen LogP contribution in [0.25, 0.3) is 0 Å². The molecule has 1 fully saturated rings. The van der Waals surface area contributed by atoms with Crippen molar-refractivity contribution in [3.8, 4) is 0 Å². The van der Waals surface area contributed by atoms with Crippen molar-refractivity contribution in [1.29, 1.82) is 0 Å². The van der Waals surface area contributed by atoms with Gasteiger partial charge >= 0.3 is 0 Å². The number of sulfonamides is 1. The predicted molar refractivity (Wildman–Crippen MR) is 51.9 cm³/mol. The van der Waals surface area contributed by atoms with Crippen LogP contribution in [0.2, 0.25) is 0 Å². The van der Waals surface area contributed by atoms with Crippen molar-refractivity contribution in [2.24, 2.45) is 0 Å². The summed E-state index contributed by atoms with van der Waals surface area (Å²) >= 11 is 0. The summed E-state index contributed by atoms with van der Waals surface area (Å²) in [5.41, 5.74) is 0. The Hall–Kier alpha value is -0.130. The highest BCUT2D eigenvalue weighted by atomic mass is 32.2. The molecule has 78 valence electrons. The molecular formula is C8H19N2O2S+. The Morgan fingerprint density at radius 1 is 1.46 bits per heavy atom. The highest BCUT2D eigenvalue weighted by molar-refractivity contribution is 7.88. The Labute approximate surface area is 80.1 Å². The minimum Gasteiger partial charge on any atom is -0.344 e. The van der Waals surface area contributed by atoms with Crippen LogP contribution >= 0.6 is 0 Å². The minimum atomic E-state index is -2.99. The van der Waals surface area contributed by atoms with Crippen LogP contribution in [0.1, 0.15) is 25.7 Å². The van der Waals surface area contributed by atoms with Crippen LogP contribution in [-0.2, 0) is 10.0 Å². The fraction of sp³-hybridized carbons (Fsp3) is 1.00. The lowest BCUT2D eigenvalue weighted by atomic mass is 10.0. The molecule has 0 bridgehead atoms. The summed E-state index contributed by atoms with van der Waals surface area (Å²) in [5.74, 6) is 0. The SMILES string of the molecule is CS(=O)(=O)NCC[C@H]1CCCC[NH2+]1. The highest BCUT2D eigenvalue weighted by Gasteiger charge is 2.15. The zero-order valence-corrected chi connectivity index (χ0v) is 8.94.